The molecule has 0 fully saturated rings. The SMILES string of the molecule is O=C(c1ccccc1F)C1Cc2ccccc2C1. The fraction of sp³-hybridized carbons (Fsp3) is 0.188. The predicted molar refractivity (Wildman–Crippen MR) is 68.1 cm³/mol. The van der Waals surface area contributed by atoms with Gasteiger partial charge in [0, 0.05) is 5.92 Å². The molecule has 0 spiro atoms. The van der Waals surface area contributed by atoms with Crippen LogP contribution in [0.2, 0.25) is 0 Å². The Balaban J connectivity index is 1.87. The molecular formula is C16H13FO. The topological polar surface area (TPSA) is 17.1 Å². The summed E-state index contributed by atoms with van der Waals surface area (Å²) < 4.78 is 13.6. The second kappa shape index (κ2) is 4.37. The molecule has 0 heterocycles. The first-order valence-electron chi connectivity index (χ1n) is 6.11. The molecule has 90 valence electrons. The Hall–Kier alpha value is -1.96. The Morgan fingerprint density at radius 3 is 2.11 bits per heavy atom. The lowest BCUT2D eigenvalue weighted by atomic mass is 9.95. The zero-order chi connectivity index (χ0) is 12.5. The van der Waals surface area contributed by atoms with Gasteiger partial charge < -0.3 is 0 Å². The van der Waals surface area contributed by atoms with Gasteiger partial charge in [0.2, 0.25) is 0 Å². The monoisotopic (exact) mass is 240 g/mol. The largest absolute Gasteiger partial charge is 0.294 e. The summed E-state index contributed by atoms with van der Waals surface area (Å²) in [5.41, 5.74) is 2.65. The van der Waals surface area contributed by atoms with Gasteiger partial charge in [-0.15, -0.1) is 0 Å². The molecule has 1 aliphatic carbocycles. The lowest BCUT2D eigenvalue weighted by Crippen LogP contribution is -2.16. The quantitative estimate of drug-likeness (QED) is 0.735. The first kappa shape index (κ1) is 11.1. The number of rotatable bonds is 2. The molecule has 0 amide bonds. The zero-order valence-corrected chi connectivity index (χ0v) is 9.90. The molecule has 3 rings (SSSR count). The van der Waals surface area contributed by atoms with E-state index >= 15 is 0 Å². The van der Waals surface area contributed by atoms with E-state index in [9.17, 15) is 9.18 Å². The van der Waals surface area contributed by atoms with Crippen molar-refractivity contribution in [3.05, 3.63) is 71.0 Å². The molecule has 0 aromatic heterocycles. The molecule has 0 saturated heterocycles. The van der Waals surface area contributed by atoms with Crippen LogP contribution in [0.1, 0.15) is 21.5 Å². The summed E-state index contributed by atoms with van der Waals surface area (Å²) in [5.74, 6) is -0.609. The number of fused-ring (bicyclic) bond motifs is 1. The first-order chi connectivity index (χ1) is 8.75. The van der Waals surface area contributed by atoms with Gasteiger partial charge in [0.05, 0.1) is 5.56 Å². The van der Waals surface area contributed by atoms with Gasteiger partial charge in [0.1, 0.15) is 5.82 Å². The molecule has 0 unspecified atom stereocenters. The van der Waals surface area contributed by atoms with Crippen molar-refractivity contribution in [1.29, 1.82) is 0 Å². The summed E-state index contributed by atoms with van der Waals surface area (Å²) in [6, 6.07) is 14.3. The van der Waals surface area contributed by atoms with Crippen molar-refractivity contribution in [2.45, 2.75) is 12.8 Å². The molecule has 0 aliphatic heterocycles. The molecule has 2 heteroatoms. The third-order valence-electron chi connectivity index (χ3n) is 3.56. The van der Waals surface area contributed by atoms with Crippen LogP contribution in [-0.2, 0) is 12.8 Å². The van der Waals surface area contributed by atoms with Crippen molar-refractivity contribution in [2.75, 3.05) is 0 Å². The Bertz CT molecular complexity index is 579. The number of carbonyl (C=O) groups excluding carboxylic acids is 1. The third-order valence-corrected chi connectivity index (χ3v) is 3.56. The highest BCUT2D eigenvalue weighted by Gasteiger charge is 2.28. The minimum absolute atomic E-state index is 0.0794. The average molecular weight is 240 g/mol. The molecule has 0 atom stereocenters. The molecule has 18 heavy (non-hydrogen) atoms. The molecule has 2 aromatic carbocycles. The first-order valence-corrected chi connectivity index (χ1v) is 6.11. The Morgan fingerprint density at radius 2 is 1.50 bits per heavy atom. The molecule has 0 radical (unpaired) electrons. The normalized spacial score (nSPS) is 14.5. The number of Topliss-reactive ketones (excluding diaryl/α,β-unsaturated/α-hetero) is 1. The second-order valence-corrected chi connectivity index (χ2v) is 4.72. The van der Waals surface area contributed by atoms with Crippen molar-refractivity contribution in [3.63, 3.8) is 0 Å². The summed E-state index contributed by atoms with van der Waals surface area (Å²) >= 11 is 0. The standard InChI is InChI=1S/C16H13FO/c17-15-8-4-3-7-14(15)16(18)13-9-11-5-1-2-6-12(11)10-13/h1-8,13H,9-10H2. The van der Waals surface area contributed by atoms with Crippen LogP contribution in [0.4, 0.5) is 4.39 Å². The van der Waals surface area contributed by atoms with Crippen LogP contribution in [0, 0.1) is 11.7 Å². The van der Waals surface area contributed by atoms with E-state index in [1.807, 2.05) is 24.3 Å². The average Bonchev–Trinajstić information content (AvgIpc) is 2.82. The lowest BCUT2D eigenvalue weighted by molar-refractivity contribution is 0.0920. The van der Waals surface area contributed by atoms with E-state index < -0.39 is 5.82 Å². The van der Waals surface area contributed by atoms with Crippen LogP contribution >= 0.6 is 0 Å². The molecule has 1 nitrogen and oxygen atoms in total. The van der Waals surface area contributed by atoms with Gasteiger partial charge in [-0.2, -0.15) is 0 Å². The summed E-state index contributed by atoms with van der Waals surface area (Å²) in [7, 11) is 0. The predicted octanol–water partition coefficient (Wildman–Crippen LogP) is 3.42. The zero-order valence-electron chi connectivity index (χ0n) is 9.90. The minimum atomic E-state index is -0.418. The van der Waals surface area contributed by atoms with E-state index in [0.29, 0.717) is 0 Å². The van der Waals surface area contributed by atoms with Crippen LogP contribution in [0.5, 0.6) is 0 Å². The maximum atomic E-state index is 13.6. The Morgan fingerprint density at radius 1 is 0.944 bits per heavy atom. The van der Waals surface area contributed by atoms with Gasteiger partial charge in [-0.05, 0) is 36.1 Å². The van der Waals surface area contributed by atoms with E-state index in [1.54, 1.807) is 18.2 Å². The van der Waals surface area contributed by atoms with Gasteiger partial charge in [-0.1, -0.05) is 36.4 Å². The van der Waals surface area contributed by atoms with Gasteiger partial charge in [0.15, 0.2) is 5.78 Å². The number of hydrogen-bond acceptors (Lipinski definition) is 1. The van der Waals surface area contributed by atoms with Gasteiger partial charge in [-0.3, -0.25) is 4.79 Å². The third kappa shape index (κ3) is 1.84. The van der Waals surface area contributed by atoms with Gasteiger partial charge in [-0.25, -0.2) is 4.39 Å². The van der Waals surface area contributed by atoms with Crippen LogP contribution in [0.15, 0.2) is 48.5 Å². The van der Waals surface area contributed by atoms with Crippen molar-refractivity contribution >= 4 is 5.78 Å². The van der Waals surface area contributed by atoms with Crippen molar-refractivity contribution < 1.29 is 9.18 Å². The number of benzene rings is 2. The lowest BCUT2D eigenvalue weighted by Gasteiger charge is -2.08. The molecule has 0 N–H and O–H groups in total. The highest BCUT2D eigenvalue weighted by atomic mass is 19.1. The number of hydrogen-bond donors (Lipinski definition) is 0. The van der Waals surface area contributed by atoms with Crippen molar-refractivity contribution in [2.24, 2.45) is 5.92 Å². The number of ketones is 1. The number of carbonyl (C=O) groups is 1. The van der Waals surface area contributed by atoms with Gasteiger partial charge in [0.25, 0.3) is 0 Å². The van der Waals surface area contributed by atoms with Gasteiger partial charge >= 0.3 is 0 Å². The van der Waals surface area contributed by atoms with Crippen LogP contribution < -0.4 is 0 Å². The van der Waals surface area contributed by atoms with E-state index in [4.69, 9.17) is 0 Å². The molecule has 1 aliphatic rings. The fourth-order valence-electron chi connectivity index (χ4n) is 2.63. The van der Waals surface area contributed by atoms with E-state index in [0.717, 1.165) is 12.8 Å². The van der Waals surface area contributed by atoms with Crippen molar-refractivity contribution in [1.82, 2.24) is 0 Å². The Kier molecular flexibility index (Phi) is 2.71. The van der Waals surface area contributed by atoms with Crippen molar-refractivity contribution in [3.8, 4) is 0 Å². The maximum absolute atomic E-state index is 13.6. The molecular weight excluding hydrogens is 227 g/mol. The molecule has 0 saturated carbocycles. The van der Waals surface area contributed by atoms with Crippen LogP contribution in [0.25, 0.3) is 0 Å². The fourth-order valence-corrected chi connectivity index (χ4v) is 2.63. The maximum Gasteiger partial charge on any atom is 0.169 e. The summed E-state index contributed by atoms with van der Waals surface area (Å²) in [4.78, 5) is 12.3. The highest BCUT2D eigenvalue weighted by molar-refractivity contribution is 5.98. The van der Waals surface area contributed by atoms with E-state index in [1.165, 1.54) is 17.2 Å². The van der Waals surface area contributed by atoms with Crippen LogP contribution in [-0.4, -0.2) is 5.78 Å². The second-order valence-electron chi connectivity index (χ2n) is 4.72. The number of halogens is 1. The molecule has 2 aromatic rings. The molecule has 0 bridgehead atoms. The summed E-state index contributed by atoms with van der Waals surface area (Å²) in [6.45, 7) is 0. The minimum Gasteiger partial charge on any atom is -0.294 e. The Labute approximate surface area is 105 Å². The van der Waals surface area contributed by atoms with E-state index in [2.05, 4.69) is 0 Å². The highest BCUT2D eigenvalue weighted by Crippen LogP contribution is 2.29. The van der Waals surface area contributed by atoms with E-state index in [-0.39, 0.29) is 17.3 Å². The smallest absolute Gasteiger partial charge is 0.169 e. The summed E-state index contributed by atoms with van der Waals surface area (Å²) in [6.07, 6.45) is 1.45. The summed E-state index contributed by atoms with van der Waals surface area (Å²) in [5, 5.41) is 0. The van der Waals surface area contributed by atoms with Crippen LogP contribution in [0.3, 0.4) is 0 Å².